The van der Waals surface area contributed by atoms with E-state index in [-0.39, 0.29) is 18.4 Å². The van der Waals surface area contributed by atoms with Crippen molar-refractivity contribution in [1.82, 2.24) is 15.5 Å². The van der Waals surface area contributed by atoms with E-state index in [1.807, 2.05) is 27.7 Å². The Kier molecular flexibility index (Phi) is 7.36. The first-order valence-electron chi connectivity index (χ1n) is 10.2. The predicted molar refractivity (Wildman–Crippen MR) is 109 cm³/mol. The van der Waals surface area contributed by atoms with Gasteiger partial charge in [-0.25, -0.2) is 8.78 Å². The Labute approximate surface area is 172 Å². The van der Waals surface area contributed by atoms with Gasteiger partial charge in [-0.15, -0.1) is 0 Å². The fraction of sp³-hybridized carbons (Fsp3) is 0.636. The minimum absolute atomic E-state index is 0.0368. The molecule has 2 atom stereocenters. The van der Waals surface area contributed by atoms with E-state index < -0.39 is 28.8 Å². The van der Waals surface area contributed by atoms with Gasteiger partial charge in [0.15, 0.2) is 11.6 Å². The zero-order valence-corrected chi connectivity index (χ0v) is 18.0. The summed E-state index contributed by atoms with van der Waals surface area (Å²) in [4.78, 5) is 14.9. The second-order valence-electron chi connectivity index (χ2n) is 8.85. The van der Waals surface area contributed by atoms with Crippen LogP contribution < -0.4 is 10.6 Å². The Balaban J connectivity index is 2.23. The topological polar surface area (TPSA) is 68.2 Å². The molecule has 1 amide bonds. The molecule has 1 aliphatic heterocycles. The van der Waals surface area contributed by atoms with E-state index in [0.717, 1.165) is 32.0 Å². The molecule has 0 unspecified atom stereocenters. The third kappa shape index (κ3) is 5.31. The van der Waals surface area contributed by atoms with Crippen LogP contribution in [0.3, 0.4) is 0 Å². The van der Waals surface area contributed by atoms with Crippen molar-refractivity contribution in [2.24, 2.45) is 5.92 Å². The molecule has 0 aliphatic carbocycles. The lowest BCUT2D eigenvalue weighted by molar-refractivity contribution is -0.122. The molecule has 1 aliphatic rings. The van der Waals surface area contributed by atoms with Crippen LogP contribution >= 0.6 is 0 Å². The quantitative estimate of drug-likeness (QED) is 0.693. The number of halogens is 2. The second-order valence-corrected chi connectivity index (χ2v) is 8.85. The molecule has 1 aromatic rings. The highest BCUT2D eigenvalue weighted by Gasteiger charge is 2.38. The highest BCUT2D eigenvalue weighted by atomic mass is 19.2. The molecule has 1 heterocycles. The fourth-order valence-corrected chi connectivity index (χ4v) is 3.77. The van der Waals surface area contributed by atoms with Crippen LogP contribution in [0, 0.1) is 28.9 Å². The molecule has 0 saturated carbocycles. The van der Waals surface area contributed by atoms with Gasteiger partial charge < -0.3 is 5.32 Å². The van der Waals surface area contributed by atoms with E-state index in [4.69, 9.17) is 0 Å². The lowest BCUT2D eigenvalue weighted by Gasteiger charge is -2.43. The van der Waals surface area contributed by atoms with Gasteiger partial charge in [-0.2, -0.15) is 5.26 Å². The third-order valence-corrected chi connectivity index (χ3v) is 6.16. The first-order chi connectivity index (χ1) is 13.5. The van der Waals surface area contributed by atoms with Crippen molar-refractivity contribution >= 4 is 5.91 Å². The summed E-state index contributed by atoms with van der Waals surface area (Å²) in [6, 6.07) is 5.62. The maximum Gasteiger partial charge on any atom is 0.235 e. The molecular weight excluding hydrogens is 374 g/mol. The molecule has 5 nitrogen and oxygen atoms in total. The molecule has 1 aromatic carbocycles. The number of nitrogens with one attached hydrogen (secondary N) is 2. The maximum absolute atomic E-state index is 13.9. The molecule has 7 heteroatoms. The van der Waals surface area contributed by atoms with Crippen molar-refractivity contribution in [3.05, 3.63) is 35.4 Å². The Morgan fingerprint density at radius 3 is 2.34 bits per heavy atom. The number of benzene rings is 1. The minimum atomic E-state index is -0.972. The Bertz CT molecular complexity index is 769. The largest absolute Gasteiger partial charge is 0.337 e. The molecule has 0 aromatic heterocycles. The molecule has 2 N–H and O–H groups in total. The Morgan fingerprint density at radius 2 is 1.83 bits per heavy atom. The molecule has 29 heavy (non-hydrogen) atoms. The van der Waals surface area contributed by atoms with Crippen molar-refractivity contribution in [2.45, 2.75) is 64.6 Å². The number of nitriles is 1. The summed E-state index contributed by atoms with van der Waals surface area (Å²) in [6.45, 7) is 11.3. The van der Waals surface area contributed by atoms with Crippen LogP contribution in [0.25, 0.3) is 0 Å². The van der Waals surface area contributed by atoms with Gasteiger partial charge in [0.2, 0.25) is 5.91 Å². The number of hydrogen-bond acceptors (Lipinski definition) is 4. The number of likely N-dealkylation sites (tertiary alicyclic amines) is 1. The molecule has 0 spiro atoms. The van der Waals surface area contributed by atoms with Crippen LogP contribution in [0.4, 0.5) is 8.78 Å². The highest BCUT2D eigenvalue weighted by molar-refractivity contribution is 5.79. The van der Waals surface area contributed by atoms with Crippen LogP contribution in [0.5, 0.6) is 0 Å². The smallest absolute Gasteiger partial charge is 0.235 e. The van der Waals surface area contributed by atoms with Crippen molar-refractivity contribution < 1.29 is 13.6 Å². The summed E-state index contributed by atoms with van der Waals surface area (Å²) in [5.74, 6) is -2.18. The summed E-state index contributed by atoms with van der Waals surface area (Å²) >= 11 is 0. The van der Waals surface area contributed by atoms with Gasteiger partial charge in [-0.3, -0.25) is 15.0 Å². The predicted octanol–water partition coefficient (Wildman–Crippen LogP) is 3.52. The van der Waals surface area contributed by atoms with Crippen LogP contribution in [-0.4, -0.2) is 41.5 Å². The molecule has 0 bridgehead atoms. The lowest BCUT2D eigenvalue weighted by Crippen LogP contribution is -2.55. The van der Waals surface area contributed by atoms with Gasteiger partial charge in [0.25, 0.3) is 0 Å². The zero-order valence-electron chi connectivity index (χ0n) is 18.0. The highest BCUT2D eigenvalue weighted by Crippen LogP contribution is 2.34. The molecule has 1 fully saturated rings. The number of hydrogen-bond donors (Lipinski definition) is 2. The molecule has 0 radical (unpaired) electrons. The van der Waals surface area contributed by atoms with Crippen molar-refractivity contribution in [3.8, 4) is 6.07 Å². The maximum atomic E-state index is 13.9. The normalized spacial score (nSPS) is 18.3. The van der Waals surface area contributed by atoms with Gasteiger partial charge in [-0.05, 0) is 70.3 Å². The first-order valence-corrected chi connectivity index (χ1v) is 10.2. The Morgan fingerprint density at radius 1 is 1.21 bits per heavy atom. The zero-order chi connectivity index (χ0) is 21.8. The van der Waals surface area contributed by atoms with Crippen LogP contribution in [0.15, 0.2) is 18.2 Å². The van der Waals surface area contributed by atoms with E-state index in [2.05, 4.69) is 21.6 Å². The number of nitrogens with zero attached hydrogens (tertiary/aromatic N) is 2. The summed E-state index contributed by atoms with van der Waals surface area (Å²) in [5.41, 5.74) is -0.807. The SMILES string of the molecule is CC(C)[C@](C)(C#N)NC(=O)CN[C@@H](c1ccc(F)c(F)c1)C(C)(C)N1CCCC1. The number of rotatable bonds is 8. The number of amides is 1. The van der Waals surface area contributed by atoms with Crippen LogP contribution in [-0.2, 0) is 4.79 Å². The van der Waals surface area contributed by atoms with Gasteiger partial charge >= 0.3 is 0 Å². The van der Waals surface area contributed by atoms with Gasteiger partial charge in [0, 0.05) is 5.54 Å². The van der Waals surface area contributed by atoms with Crippen LogP contribution in [0.2, 0.25) is 0 Å². The van der Waals surface area contributed by atoms with E-state index >= 15 is 0 Å². The monoisotopic (exact) mass is 406 g/mol. The van der Waals surface area contributed by atoms with Crippen LogP contribution in [0.1, 0.15) is 59.1 Å². The van der Waals surface area contributed by atoms with Gasteiger partial charge in [0.05, 0.1) is 18.7 Å². The molecule has 160 valence electrons. The van der Waals surface area contributed by atoms with E-state index in [9.17, 15) is 18.8 Å². The third-order valence-electron chi connectivity index (χ3n) is 6.16. The van der Waals surface area contributed by atoms with E-state index in [1.54, 1.807) is 13.0 Å². The summed E-state index contributed by atoms with van der Waals surface area (Å²) < 4.78 is 27.4. The van der Waals surface area contributed by atoms with Crippen molar-refractivity contribution in [1.29, 1.82) is 5.26 Å². The average Bonchev–Trinajstić information content (AvgIpc) is 3.20. The van der Waals surface area contributed by atoms with Gasteiger partial charge in [0.1, 0.15) is 5.54 Å². The molecule has 2 rings (SSSR count). The van der Waals surface area contributed by atoms with E-state index in [0.29, 0.717) is 5.56 Å². The van der Waals surface area contributed by atoms with Gasteiger partial charge in [-0.1, -0.05) is 19.9 Å². The number of carbonyl (C=O) groups excluding carboxylic acids is 1. The summed E-state index contributed by atoms with van der Waals surface area (Å²) in [7, 11) is 0. The van der Waals surface area contributed by atoms with Crippen molar-refractivity contribution in [3.63, 3.8) is 0 Å². The summed E-state index contributed by atoms with van der Waals surface area (Å²) in [5, 5.41) is 15.4. The average molecular weight is 407 g/mol. The lowest BCUT2D eigenvalue weighted by atomic mass is 9.86. The second kappa shape index (κ2) is 9.19. The summed E-state index contributed by atoms with van der Waals surface area (Å²) in [6.07, 6.45) is 2.17. The first kappa shape index (κ1) is 23.2. The number of carbonyl (C=O) groups is 1. The Hall–Kier alpha value is -2.04. The fourth-order valence-electron chi connectivity index (χ4n) is 3.77. The molecule has 1 saturated heterocycles. The standard InChI is InChI=1S/C22H32F2N4O/c1-15(2)22(5,14-25)27-19(29)13-26-20(16-8-9-17(23)18(24)12-16)21(3,4)28-10-6-7-11-28/h8-9,12,15,20,26H,6-7,10-11,13H2,1-5H3,(H,27,29)/t20-,22-/m0/s1. The minimum Gasteiger partial charge on any atom is -0.337 e. The van der Waals surface area contributed by atoms with E-state index in [1.165, 1.54) is 6.07 Å². The van der Waals surface area contributed by atoms with Crippen molar-refractivity contribution in [2.75, 3.05) is 19.6 Å². The molecular formula is C22H32F2N4O.